The first-order chi connectivity index (χ1) is 4.81. The van der Waals surface area contributed by atoms with Crippen LogP contribution >= 0.6 is 0 Å². The van der Waals surface area contributed by atoms with Gasteiger partial charge in [-0.15, -0.1) is 0 Å². The van der Waals surface area contributed by atoms with Crippen LogP contribution in [0.1, 0.15) is 20.3 Å². The number of rotatable bonds is 3. The van der Waals surface area contributed by atoms with E-state index in [4.69, 9.17) is 0 Å². The van der Waals surface area contributed by atoms with Crippen LogP contribution in [-0.2, 0) is 0 Å². The molecule has 0 N–H and O–H groups in total. The molecule has 0 aliphatic carbocycles. The second-order valence-corrected chi connectivity index (χ2v) is 2.06. The molecule has 0 rings (SSSR count). The average molecular weight is 137 g/mol. The molecule has 0 fully saturated rings. The SMILES string of the molecule is CCC=CC=CC(C)=NC. The fraction of sp³-hybridized carbons (Fsp3) is 0.444. The molecule has 0 unspecified atom stereocenters. The number of hydrogen-bond acceptors (Lipinski definition) is 1. The van der Waals surface area contributed by atoms with E-state index in [2.05, 4.69) is 18.0 Å². The lowest BCUT2D eigenvalue weighted by atomic mass is 10.3. The van der Waals surface area contributed by atoms with Crippen LogP contribution in [0.5, 0.6) is 0 Å². The summed E-state index contributed by atoms with van der Waals surface area (Å²) in [5, 5.41) is 0. The second kappa shape index (κ2) is 6.27. The molecule has 1 nitrogen and oxygen atoms in total. The predicted molar refractivity (Wildman–Crippen MR) is 47.6 cm³/mol. The summed E-state index contributed by atoms with van der Waals surface area (Å²) in [6.07, 6.45) is 9.23. The lowest BCUT2D eigenvalue weighted by molar-refractivity contribution is 1.22. The number of nitrogens with zero attached hydrogens (tertiary/aromatic N) is 1. The maximum Gasteiger partial charge on any atom is 0.0313 e. The van der Waals surface area contributed by atoms with Crippen molar-refractivity contribution in [3.8, 4) is 0 Å². The Balaban J connectivity index is 3.66. The molecule has 0 saturated heterocycles. The molecule has 0 heterocycles. The van der Waals surface area contributed by atoms with Crippen LogP contribution < -0.4 is 0 Å². The van der Waals surface area contributed by atoms with Gasteiger partial charge in [-0.1, -0.05) is 25.2 Å². The highest BCUT2D eigenvalue weighted by Crippen LogP contribution is 1.83. The summed E-state index contributed by atoms with van der Waals surface area (Å²) < 4.78 is 0. The van der Waals surface area contributed by atoms with Crippen molar-refractivity contribution in [1.82, 2.24) is 0 Å². The molecule has 0 amide bonds. The number of hydrogen-bond donors (Lipinski definition) is 0. The van der Waals surface area contributed by atoms with E-state index in [0.717, 1.165) is 12.1 Å². The van der Waals surface area contributed by atoms with Gasteiger partial charge in [0.25, 0.3) is 0 Å². The quantitative estimate of drug-likeness (QED) is 0.419. The lowest BCUT2D eigenvalue weighted by Crippen LogP contribution is -1.80. The Morgan fingerprint density at radius 2 is 2.10 bits per heavy atom. The Labute approximate surface area is 63.2 Å². The van der Waals surface area contributed by atoms with Crippen molar-refractivity contribution in [2.75, 3.05) is 7.05 Å². The summed E-state index contributed by atoms with van der Waals surface area (Å²) in [4.78, 5) is 3.98. The summed E-state index contributed by atoms with van der Waals surface area (Å²) in [7, 11) is 1.79. The Bertz CT molecular complexity index is 152. The Morgan fingerprint density at radius 1 is 1.40 bits per heavy atom. The smallest absolute Gasteiger partial charge is 0.0313 e. The molecule has 0 aliphatic heterocycles. The van der Waals surface area contributed by atoms with E-state index >= 15 is 0 Å². The van der Waals surface area contributed by atoms with Gasteiger partial charge in [-0.3, -0.25) is 4.99 Å². The van der Waals surface area contributed by atoms with Crippen molar-refractivity contribution in [2.45, 2.75) is 20.3 Å². The monoisotopic (exact) mass is 137 g/mol. The third-order valence-electron chi connectivity index (χ3n) is 1.17. The maximum absolute atomic E-state index is 3.98. The Hall–Kier alpha value is -0.850. The van der Waals surface area contributed by atoms with E-state index in [9.17, 15) is 0 Å². The average Bonchev–Trinajstić information content (AvgIpc) is 1.98. The van der Waals surface area contributed by atoms with Gasteiger partial charge in [0.2, 0.25) is 0 Å². The molecule has 0 aromatic carbocycles. The zero-order valence-corrected chi connectivity index (χ0v) is 6.96. The second-order valence-electron chi connectivity index (χ2n) is 2.06. The molecular formula is C9H15N. The summed E-state index contributed by atoms with van der Waals surface area (Å²) in [5.74, 6) is 0. The molecule has 0 aliphatic rings. The predicted octanol–water partition coefficient (Wildman–Crippen LogP) is 2.60. The molecule has 10 heavy (non-hydrogen) atoms. The van der Waals surface area contributed by atoms with Gasteiger partial charge in [0.15, 0.2) is 0 Å². The van der Waals surface area contributed by atoms with Gasteiger partial charge >= 0.3 is 0 Å². The van der Waals surface area contributed by atoms with E-state index in [1.54, 1.807) is 7.05 Å². The molecule has 56 valence electrons. The van der Waals surface area contributed by atoms with E-state index in [1.807, 2.05) is 25.2 Å². The lowest BCUT2D eigenvalue weighted by Gasteiger charge is -1.82. The summed E-state index contributed by atoms with van der Waals surface area (Å²) in [6, 6.07) is 0. The minimum atomic E-state index is 1.06. The van der Waals surface area contributed by atoms with Crippen molar-refractivity contribution >= 4 is 5.71 Å². The summed E-state index contributed by atoms with van der Waals surface area (Å²) in [5.41, 5.74) is 1.06. The Morgan fingerprint density at radius 3 is 2.60 bits per heavy atom. The van der Waals surface area contributed by atoms with Crippen LogP contribution in [-0.4, -0.2) is 12.8 Å². The minimum Gasteiger partial charge on any atom is -0.293 e. The van der Waals surface area contributed by atoms with Gasteiger partial charge in [0, 0.05) is 12.8 Å². The molecule has 0 aromatic heterocycles. The first-order valence-corrected chi connectivity index (χ1v) is 3.57. The van der Waals surface area contributed by atoms with Crippen molar-refractivity contribution < 1.29 is 0 Å². The fourth-order valence-corrected chi connectivity index (χ4v) is 0.484. The van der Waals surface area contributed by atoms with Gasteiger partial charge in [0.1, 0.15) is 0 Å². The van der Waals surface area contributed by atoms with Gasteiger partial charge in [-0.05, 0) is 19.4 Å². The molecule has 0 spiro atoms. The standard InChI is InChI=1S/C9H15N/c1-4-5-6-7-8-9(2)10-3/h5-8H,4H2,1-3H3. The highest BCUT2D eigenvalue weighted by molar-refractivity contribution is 5.92. The molecule has 1 heteroatoms. The van der Waals surface area contributed by atoms with Crippen LogP contribution in [0.4, 0.5) is 0 Å². The van der Waals surface area contributed by atoms with Crippen LogP contribution in [0.2, 0.25) is 0 Å². The van der Waals surface area contributed by atoms with Crippen molar-refractivity contribution in [3.63, 3.8) is 0 Å². The molecular weight excluding hydrogens is 122 g/mol. The highest BCUT2D eigenvalue weighted by Gasteiger charge is 1.74. The van der Waals surface area contributed by atoms with E-state index in [-0.39, 0.29) is 0 Å². The molecule has 0 radical (unpaired) electrons. The van der Waals surface area contributed by atoms with Gasteiger partial charge in [-0.2, -0.15) is 0 Å². The molecule has 0 atom stereocenters. The molecule has 0 aromatic rings. The van der Waals surface area contributed by atoms with Gasteiger partial charge in [0.05, 0.1) is 0 Å². The molecule has 0 saturated carbocycles. The van der Waals surface area contributed by atoms with E-state index in [1.165, 1.54) is 0 Å². The number of allylic oxidation sites excluding steroid dienone is 4. The van der Waals surface area contributed by atoms with Crippen LogP contribution in [0.3, 0.4) is 0 Å². The van der Waals surface area contributed by atoms with E-state index in [0.29, 0.717) is 0 Å². The van der Waals surface area contributed by atoms with Crippen LogP contribution in [0.25, 0.3) is 0 Å². The van der Waals surface area contributed by atoms with Crippen molar-refractivity contribution in [3.05, 3.63) is 24.3 Å². The zero-order chi connectivity index (χ0) is 7.82. The highest BCUT2D eigenvalue weighted by atomic mass is 14.7. The fourth-order valence-electron chi connectivity index (χ4n) is 0.484. The minimum absolute atomic E-state index is 1.06. The summed E-state index contributed by atoms with van der Waals surface area (Å²) in [6.45, 7) is 4.10. The largest absolute Gasteiger partial charge is 0.293 e. The van der Waals surface area contributed by atoms with E-state index < -0.39 is 0 Å². The normalized spacial score (nSPS) is 13.7. The third kappa shape index (κ3) is 5.29. The van der Waals surface area contributed by atoms with Gasteiger partial charge in [-0.25, -0.2) is 0 Å². The van der Waals surface area contributed by atoms with Crippen LogP contribution in [0.15, 0.2) is 29.3 Å². The summed E-state index contributed by atoms with van der Waals surface area (Å²) >= 11 is 0. The first-order valence-electron chi connectivity index (χ1n) is 3.57. The van der Waals surface area contributed by atoms with Crippen molar-refractivity contribution in [1.29, 1.82) is 0 Å². The van der Waals surface area contributed by atoms with Crippen LogP contribution in [0, 0.1) is 0 Å². The molecule has 0 bridgehead atoms. The van der Waals surface area contributed by atoms with Crippen molar-refractivity contribution in [2.24, 2.45) is 4.99 Å². The van der Waals surface area contributed by atoms with Gasteiger partial charge < -0.3 is 0 Å². The maximum atomic E-state index is 3.98. The Kier molecular flexibility index (Phi) is 5.74. The third-order valence-corrected chi connectivity index (χ3v) is 1.17. The topological polar surface area (TPSA) is 12.4 Å². The number of aliphatic imine (C=N–C) groups is 1. The zero-order valence-electron chi connectivity index (χ0n) is 6.96. The first kappa shape index (κ1) is 9.15.